The van der Waals surface area contributed by atoms with E-state index < -0.39 is 36.1 Å². The Hall–Kier alpha value is -1.97. The SMILES string of the molecule is CN[C@H](C(=O)N[C@@H]1C=C(C(=O)NCC(N)=O)C[C@@H](O)[C@@H]1O)C(C)C. The van der Waals surface area contributed by atoms with Gasteiger partial charge in [-0.3, -0.25) is 14.4 Å². The highest BCUT2D eigenvalue weighted by molar-refractivity contribution is 5.96. The molecule has 7 N–H and O–H groups in total. The molecule has 24 heavy (non-hydrogen) atoms. The van der Waals surface area contributed by atoms with Crippen molar-refractivity contribution in [3.63, 3.8) is 0 Å². The van der Waals surface area contributed by atoms with Crippen LogP contribution < -0.4 is 21.7 Å². The second-order valence-corrected chi connectivity index (χ2v) is 6.15. The minimum Gasteiger partial charge on any atom is -0.390 e. The minimum atomic E-state index is -1.23. The molecule has 3 amide bonds. The van der Waals surface area contributed by atoms with Gasteiger partial charge in [0.15, 0.2) is 0 Å². The minimum absolute atomic E-state index is 0.0166. The molecule has 0 aromatic rings. The number of primary amides is 1. The van der Waals surface area contributed by atoms with Gasteiger partial charge in [-0.05, 0) is 13.0 Å². The van der Waals surface area contributed by atoms with E-state index in [9.17, 15) is 24.6 Å². The van der Waals surface area contributed by atoms with Gasteiger partial charge in [0.1, 0.15) is 6.10 Å². The molecule has 0 aromatic heterocycles. The maximum atomic E-state index is 12.3. The Labute approximate surface area is 140 Å². The van der Waals surface area contributed by atoms with Crippen molar-refractivity contribution in [3.8, 4) is 0 Å². The Morgan fingerprint density at radius 3 is 2.46 bits per heavy atom. The van der Waals surface area contributed by atoms with Crippen molar-refractivity contribution in [1.82, 2.24) is 16.0 Å². The fraction of sp³-hybridized carbons (Fsp3) is 0.667. The summed E-state index contributed by atoms with van der Waals surface area (Å²) in [5, 5.41) is 27.8. The highest BCUT2D eigenvalue weighted by Gasteiger charge is 2.35. The van der Waals surface area contributed by atoms with Crippen LogP contribution in [0.1, 0.15) is 20.3 Å². The molecule has 9 nitrogen and oxygen atoms in total. The van der Waals surface area contributed by atoms with Crippen LogP contribution in [0.25, 0.3) is 0 Å². The van der Waals surface area contributed by atoms with Crippen molar-refractivity contribution in [2.75, 3.05) is 13.6 Å². The van der Waals surface area contributed by atoms with E-state index in [1.165, 1.54) is 6.08 Å². The zero-order valence-corrected chi connectivity index (χ0v) is 14.1. The van der Waals surface area contributed by atoms with Gasteiger partial charge in [-0.1, -0.05) is 19.9 Å². The molecule has 0 unspecified atom stereocenters. The van der Waals surface area contributed by atoms with E-state index in [-0.39, 0.29) is 30.4 Å². The van der Waals surface area contributed by atoms with Crippen molar-refractivity contribution < 1.29 is 24.6 Å². The summed E-state index contributed by atoms with van der Waals surface area (Å²) in [7, 11) is 1.65. The van der Waals surface area contributed by atoms with E-state index in [1.54, 1.807) is 7.05 Å². The molecule has 0 bridgehead atoms. The Balaban J connectivity index is 2.86. The van der Waals surface area contributed by atoms with Crippen LogP contribution >= 0.6 is 0 Å². The summed E-state index contributed by atoms with van der Waals surface area (Å²) in [4.78, 5) is 35.0. The maximum absolute atomic E-state index is 12.3. The van der Waals surface area contributed by atoms with Gasteiger partial charge in [0, 0.05) is 12.0 Å². The number of carbonyl (C=O) groups is 3. The third-order valence-corrected chi connectivity index (χ3v) is 3.86. The van der Waals surface area contributed by atoms with Gasteiger partial charge in [0.25, 0.3) is 0 Å². The Bertz CT molecular complexity index is 520. The Morgan fingerprint density at radius 1 is 1.33 bits per heavy atom. The first kappa shape index (κ1) is 20.1. The molecule has 0 saturated carbocycles. The lowest BCUT2D eigenvalue weighted by Crippen LogP contribution is -2.55. The Morgan fingerprint density at radius 2 is 1.96 bits per heavy atom. The molecule has 0 fully saturated rings. The Kier molecular flexibility index (Phi) is 7.33. The zero-order chi connectivity index (χ0) is 18.4. The van der Waals surface area contributed by atoms with E-state index in [4.69, 9.17) is 5.73 Å². The quantitative estimate of drug-likeness (QED) is 0.297. The lowest BCUT2D eigenvalue weighted by atomic mass is 9.89. The zero-order valence-electron chi connectivity index (χ0n) is 14.1. The second kappa shape index (κ2) is 8.76. The van der Waals surface area contributed by atoms with E-state index in [0.717, 1.165) is 0 Å². The number of carbonyl (C=O) groups excluding carboxylic acids is 3. The van der Waals surface area contributed by atoms with Crippen LogP contribution in [0.4, 0.5) is 0 Å². The number of amides is 3. The smallest absolute Gasteiger partial charge is 0.247 e. The van der Waals surface area contributed by atoms with Crippen molar-refractivity contribution in [1.29, 1.82) is 0 Å². The van der Waals surface area contributed by atoms with E-state index in [1.807, 2.05) is 13.8 Å². The lowest BCUT2D eigenvalue weighted by molar-refractivity contribution is -0.126. The van der Waals surface area contributed by atoms with Gasteiger partial charge in [-0.25, -0.2) is 0 Å². The molecule has 1 rings (SSSR count). The maximum Gasteiger partial charge on any atom is 0.247 e. The summed E-state index contributed by atoms with van der Waals surface area (Å²) in [5.74, 6) is -1.60. The average molecular weight is 342 g/mol. The summed E-state index contributed by atoms with van der Waals surface area (Å²) < 4.78 is 0. The monoisotopic (exact) mass is 342 g/mol. The summed E-state index contributed by atoms with van der Waals surface area (Å²) in [5.41, 5.74) is 5.13. The van der Waals surface area contributed by atoms with Gasteiger partial charge in [-0.15, -0.1) is 0 Å². The van der Waals surface area contributed by atoms with E-state index >= 15 is 0 Å². The predicted octanol–water partition coefficient (Wildman–Crippen LogP) is -2.63. The topological polar surface area (TPSA) is 154 Å². The molecule has 136 valence electrons. The lowest BCUT2D eigenvalue weighted by Gasteiger charge is -2.32. The number of nitrogens with two attached hydrogens (primary N) is 1. The molecule has 0 aromatic carbocycles. The van der Waals surface area contributed by atoms with Crippen LogP contribution in [-0.4, -0.2) is 65.8 Å². The second-order valence-electron chi connectivity index (χ2n) is 6.15. The molecule has 1 aliphatic rings. The standard InChI is InChI=1S/C15H26N4O5/c1-7(2)12(17-3)15(24)19-9-4-8(5-10(20)13(9)22)14(23)18-6-11(16)21/h4,7,9-10,12-13,17,20,22H,5-6H2,1-3H3,(H2,16,21)(H,18,23)(H,19,24)/t9-,10-,12+,13-/m1/s1. The molecule has 0 spiro atoms. The van der Waals surface area contributed by atoms with Crippen LogP contribution in [0.5, 0.6) is 0 Å². The molecule has 0 radical (unpaired) electrons. The largest absolute Gasteiger partial charge is 0.390 e. The highest BCUT2D eigenvalue weighted by atomic mass is 16.3. The molecular weight excluding hydrogens is 316 g/mol. The van der Waals surface area contributed by atoms with Gasteiger partial charge < -0.3 is 31.9 Å². The van der Waals surface area contributed by atoms with E-state index in [0.29, 0.717) is 0 Å². The third-order valence-electron chi connectivity index (χ3n) is 3.86. The fourth-order valence-electron chi connectivity index (χ4n) is 2.57. The summed E-state index contributed by atoms with van der Waals surface area (Å²) in [6.45, 7) is 3.40. The fourth-order valence-corrected chi connectivity index (χ4v) is 2.57. The predicted molar refractivity (Wildman–Crippen MR) is 86.5 cm³/mol. The molecule has 1 aliphatic carbocycles. The van der Waals surface area contributed by atoms with Crippen LogP contribution in [0, 0.1) is 5.92 Å². The molecule has 0 aliphatic heterocycles. The normalized spacial score (nSPS) is 24.9. The number of rotatable bonds is 7. The van der Waals surface area contributed by atoms with Crippen molar-refractivity contribution in [2.45, 2.75) is 44.6 Å². The molecular formula is C15H26N4O5. The van der Waals surface area contributed by atoms with Gasteiger partial charge in [0.05, 0.1) is 24.7 Å². The first-order valence-corrected chi connectivity index (χ1v) is 7.78. The molecule has 0 heterocycles. The van der Waals surface area contributed by atoms with Crippen molar-refractivity contribution in [2.24, 2.45) is 11.7 Å². The van der Waals surface area contributed by atoms with Crippen LogP contribution in [-0.2, 0) is 14.4 Å². The van der Waals surface area contributed by atoms with Crippen LogP contribution in [0.3, 0.4) is 0 Å². The van der Waals surface area contributed by atoms with Gasteiger partial charge >= 0.3 is 0 Å². The highest BCUT2D eigenvalue weighted by Crippen LogP contribution is 2.20. The van der Waals surface area contributed by atoms with Gasteiger partial charge in [0.2, 0.25) is 17.7 Å². The molecule has 0 saturated heterocycles. The molecule has 4 atom stereocenters. The number of hydrogen-bond acceptors (Lipinski definition) is 6. The van der Waals surface area contributed by atoms with Crippen molar-refractivity contribution in [3.05, 3.63) is 11.6 Å². The summed E-state index contributed by atoms with van der Waals surface area (Å²) >= 11 is 0. The number of likely N-dealkylation sites (N-methyl/N-ethyl adjacent to an activating group) is 1. The van der Waals surface area contributed by atoms with Crippen LogP contribution in [0.2, 0.25) is 0 Å². The number of hydrogen-bond donors (Lipinski definition) is 6. The van der Waals surface area contributed by atoms with Crippen molar-refractivity contribution >= 4 is 17.7 Å². The number of aliphatic hydroxyl groups is 2. The number of nitrogens with one attached hydrogen (secondary N) is 3. The average Bonchev–Trinajstić information content (AvgIpc) is 2.49. The number of aliphatic hydroxyl groups excluding tert-OH is 2. The van der Waals surface area contributed by atoms with Gasteiger partial charge in [-0.2, -0.15) is 0 Å². The summed E-state index contributed by atoms with van der Waals surface area (Å²) in [6.07, 6.45) is -1.14. The van der Waals surface area contributed by atoms with Crippen LogP contribution in [0.15, 0.2) is 11.6 Å². The first-order valence-electron chi connectivity index (χ1n) is 7.78. The molecule has 9 heteroatoms. The first-order chi connectivity index (χ1) is 11.2. The summed E-state index contributed by atoms with van der Waals surface area (Å²) in [6, 6.07) is -1.39. The van der Waals surface area contributed by atoms with E-state index in [2.05, 4.69) is 16.0 Å². The third kappa shape index (κ3) is 5.29.